The molecule has 1 fully saturated rings. The fourth-order valence-electron chi connectivity index (χ4n) is 4.25. The zero-order valence-electron chi connectivity index (χ0n) is 18.1. The van der Waals surface area contributed by atoms with Gasteiger partial charge in [-0.1, -0.05) is 35.9 Å². The second kappa shape index (κ2) is 11.6. The Labute approximate surface area is 188 Å². The molecule has 1 amide bonds. The van der Waals surface area contributed by atoms with Gasteiger partial charge in [-0.2, -0.15) is 0 Å². The molecule has 0 unspecified atom stereocenters. The molecule has 7 heteroatoms. The molecule has 0 spiro atoms. The highest BCUT2D eigenvalue weighted by atomic mass is 35.5. The van der Waals surface area contributed by atoms with E-state index in [4.69, 9.17) is 21.1 Å². The largest absolute Gasteiger partial charge is 0.383 e. The van der Waals surface area contributed by atoms with Crippen LogP contribution in [0.1, 0.15) is 17.0 Å². The number of nitrogens with zero attached hydrogens (tertiary/aromatic N) is 2. The van der Waals surface area contributed by atoms with Crippen molar-refractivity contribution in [3.05, 3.63) is 70.5 Å². The quantitative estimate of drug-likeness (QED) is 0.554. The van der Waals surface area contributed by atoms with Gasteiger partial charge in [0.05, 0.1) is 6.61 Å². The van der Waals surface area contributed by atoms with Crippen molar-refractivity contribution >= 4 is 17.5 Å². The van der Waals surface area contributed by atoms with E-state index in [9.17, 15) is 9.18 Å². The van der Waals surface area contributed by atoms with Crippen LogP contribution in [0.15, 0.2) is 48.5 Å². The molecule has 0 aromatic heterocycles. The van der Waals surface area contributed by atoms with Crippen molar-refractivity contribution in [2.45, 2.75) is 12.5 Å². The van der Waals surface area contributed by atoms with Gasteiger partial charge in [-0.25, -0.2) is 4.39 Å². The smallest absolute Gasteiger partial charge is 0.248 e. The Kier molecular flexibility index (Phi) is 8.84. The van der Waals surface area contributed by atoms with E-state index in [0.29, 0.717) is 24.7 Å². The average Bonchev–Trinajstić information content (AvgIpc) is 3.15. The van der Waals surface area contributed by atoms with E-state index in [2.05, 4.69) is 4.90 Å². The van der Waals surface area contributed by atoms with Gasteiger partial charge in [-0.15, -0.1) is 0 Å². The van der Waals surface area contributed by atoms with E-state index < -0.39 is 0 Å². The van der Waals surface area contributed by atoms with Gasteiger partial charge in [0.2, 0.25) is 5.91 Å². The Balaban J connectivity index is 1.79. The van der Waals surface area contributed by atoms with Crippen LogP contribution in [-0.2, 0) is 20.8 Å². The highest BCUT2D eigenvalue weighted by molar-refractivity contribution is 6.30. The minimum Gasteiger partial charge on any atom is -0.383 e. The molecule has 0 bridgehead atoms. The summed E-state index contributed by atoms with van der Waals surface area (Å²) in [5.74, 6) is 0.00273. The second-order valence-electron chi connectivity index (χ2n) is 8.01. The zero-order chi connectivity index (χ0) is 22.2. The van der Waals surface area contributed by atoms with Crippen LogP contribution in [0.2, 0.25) is 5.02 Å². The number of likely N-dealkylation sites (tertiary alicyclic amines) is 1. The number of rotatable bonds is 10. The van der Waals surface area contributed by atoms with Crippen molar-refractivity contribution in [3.63, 3.8) is 0 Å². The number of carbonyl (C=O) groups is 1. The first-order chi connectivity index (χ1) is 15.0. The van der Waals surface area contributed by atoms with E-state index >= 15 is 0 Å². The number of amides is 1. The molecule has 2 atom stereocenters. The van der Waals surface area contributed by atoms with Gasteiger partial charge >= 0.3 is 0 Å². The minimum absolute atomic E-state index is 0.0373. The number of carbonyl (C=O) groups excluding carboxylic acids is 1. The fraction of sp³-hybridized carbons (Fsp3) is 0.458. The van der Waals surface area contributed by atoms with Crippen molar-refractivity contribution in [3.8, 4) is 0 Å². The third-order valence-electron chi connectivity index (χ3n) is 5.75. The minimum atomic E-state index is -0.237. The predicted octanol–water partition coefficient (Wildman–Crippen LogP) is 3.82. The van der Waals surface area contributed by atoms with E-state index in [0.717, 1.165) is 25.2 Å². The maximum absolute atomic E-state index is 14.0. The molecule has 3 rings (SSSR count). The number of methoxy groups -OCH3 is 2. The summed E-state index contributed by atoms with van der Waals surface area (Å²) in [5.41, 5.74) is 2.14. The van der Waals surface area contributed by atoms with Crippen molar-refractivity contribution in [1.29, 1.82) is 0 Å². The Hall–Kier alpha value is -1.99. The molecule has 1 heterocycles. The highest BCUT2D eigenvalue weighted by Crippen LogP contribution is 2.34. The van der Waals surface area contributed by atoms with Gasteiger partial charge in [0, 0.05) is 57.9 Å². The maximum atomic E-state index is 14.0. The molecule has 1 aliphatic rings. The summed E-state index contributed by atoms with van der Waals surface area (Å²) >= 11 is 6.02. The summed E-state index contributed by atoms with van der Waals surface area (Å²) in [6, 6.07) is 14.6. The molecule has 0 saturated carbocycles. The lowest BCUT2D eigenvalue weighted by Crippen LogP contribution is -2.41. The lowest BCUT2D eigenvalue weighted by atomic mass is 9.88. The maximum Gasteiger partial charge on any atom is 0.248 e. The molecule has 2 aromatic rings. The molecule has 0 N–H and O–H groups in total. The highest BCUT2D eigenvalue weighted by Gasteiger charge is 2.35. The topological polar surface area (TPSA) is 42.0 Å². The lowest BCUT2D eigenvalue weighted by molar-refractivity contribution is -0.136. The first kappa shape index (κ1) is 23.7. The second-order valence-corrected chi connectivity index (χ2v) is 8.44. The van der Waals surface area contributed by atoms with Crippen molar-refractivity contribution in [2.24, 2.45) is 5.92 Å². The summed E-state index contributed by atoms with van der Waals surface area (Å²) < 4.78 is 24.2. The number of benzene rings is 2. The predicted molar refractivity (Wildman–Crippen MR) is 120 cm³/mol. The van der Waals surface area contributed by atoms with Crippen LogP contribution in [-0.4, -0.2) is 69.3 Å². The summed E-state index contributed by atoms with van der Waals surface area (Å²) in [6.07, 6.45) is 0. The number of hydrogen-bond donors (Lipinski definition) is 0. The van der Waals surface area contributed by atoms with Crippen molar-refractivity contribution < 1.29 is 18.7 Å². The van der Waals surface area contributed by atoms with Crippen LogP contribution < -0.4 is 0 Å². The fourth-order valence-corrected chi connectivity index (χ4v) is 4.38. The van der Waals surface area contributed by atoms with Crippen LogP contribution in [0.5, 0.6) is 0 Å². The van der Waals surface area contributed by atoms with Crippen LogP contribution >= 0.6 is 11.6 Å². The number of hydrogen-bond acceptors (Lipinski definition) is 4. The molecular formula is C24H30ClFN2O3. The molecule has 2 aromatic carbocycles. The molecule has 1 aliphatic heterocycles. The molecule has 0 aliphatic carbocycles. The van der Waals surface area contributed by atoms with Crippen LogP contribution in [0.25, 0.3) is 0 Å². The van der Waals surface area contributed by atoms with Crippen LogP contribution in [0, 0.1) is 11.7 Å². The number of ether oxygens (including phenoxy) is 2. The zero-order valence-corrected chi connectivity index (χ0v) is 18.9. The van der Waals surface area contributed by atoms with Gasteiger partial charge < -0.3 is 14.4 Å². The molecule has 31 heavy (non-hydrogen) atoms. The van der Waals surface area contributed by atoms with E-state index in [1.165, 1.54) is 18.7 Å². The van der Waals surface area contributed by atoms with Gasteiger partial charge in [-0.3, -0.25) is 9.69 Å². The van der Waals surface area contributed by atoms with E-state index in [-0.39, 0.29) is 30.2 Å². The molecule has 1 saturated heterocycles. The van der Waals surface area contributed by atoms with E-state index in [1.807, 2.05) is 30.3 Å². The summed E-state index contributed by atoms with van der Waals surface area (Å²) in [7, 11) is 3.14. The van der Waals surface area contributed by atoms with Gasteiger partial charge in [0.25, 0.3) is 0 Å². The molecule has 168 valence electrons. The first-order valence-corrected chi connectivity index (χ1v) is 10.9. The molecular weight excluding hydrogens is 419 g/mol. The Bertz CT molecular complexity index is 849. The van der Waals surface area contributed by atoms with Gasteiger partial charge in [-0.05, 0) is 41.3 Å². The van der Waals surface area contributed by atoms with Crippen molar-refractivity contribution in [2.75, 3.05) is 53.6 Å². The Morgan fingerprint density at radius 3 is 2.61 bits per heavy atom. The Morgan fingerprint density at radius 2 is 1.94 bits per heavy atom. The van der Waals surface area contributed by atoms with Crippen LogP contribution in [0.3, 0.4) is 0 Å². The molecule has 5 nitrogen and oxygen atoms in total. The monoisotopic (exact) mass is 448 g/mol. The number of halogens is 2. The average molecular weight is 449 g/mol. The summed E-state index contributed by atoms with van der Waals surface area (Å²) in [6.45, 7) is 3.97. The molecule has 0 radical (unpaired) electrons. The van der Waals surface area contributed by atoms with Gasteiger partial charge in [0.1, 0.15) is 12.4 Å². The normalized spacial score (nSPS) is 19.0. The summed E-state index contributed by atoms with van der Waals surface area (Å²) in [5, 5.41) is 0.714. The standard InChI is InChI=1S/C24H30ClFN2O3/c1-30-11-10-28(24(29)17-31-2)15-20-14-27(13-18-6-8-21(25)9-7-18)16-23(20)19-4-3-5-22(26)12-19/h3-9,12,20,23H,10-11,13-17H2,1-2H3/t20-,23-/m1/s1. The summed E-state index contributed by atoms with van der Waals surface area (Å²) in [4.78, 5) is 16.8. The van der Waals surface area contributed by atoms with Gasteiger partial charge in [0.15, 0.2) is 0 Å². The van der Waals surface area contributed by atoms with Crippen molar-refractivity contribution in [1.82, 2.24) is 9.80 Å². The van der Waals surface area contributed by atoms with Crippen LogP contribution in [0.4, 0.5) is 4.39 Å². The first-order valence-electron chi connectivity index (χ1n) is 10.5. The third-order valence-corrected chi connectivity index (χ3v) is 6.01. The third kappa shape index (κ3) is 6.74. The Morgan fingerprint density at radius 1 is 1.16 bits per heavy atom. The SMILES string of the molecule is COCCN(C[C@H]1CN(Cc2ccc(Cl)cc2)C[C@@H]1c1cccc(F)c1)C(=O)COC. The lowest BCUT2D eigenvalue weighted by Gasteiger charge is -2.28. The van der Waals surface area contributed by atoms with E-state index in [1.54, 1.807) is 24.1 Å².